The quantitative estimate of drug-likeness (QED) is 0.816. The molecule has 3 heteroatoms. The molecule has 2 aliphatic rings. The van der Waals surface area contributed by atoms with Gasteiger partial charge >= 0.3 is 0 Å². The van der Waals surface area contributed by atoms with Crippen molar-refractivity contribution in [2.24, 2.45) is 5.92 Å². The molecule has 0 saturated carbocycles. The standard InChI is InChI=1S/C13H21N3/c1-2-3-9-4-5-12-11(6-9)13(16-15-12)10-7-14-8-10/h9-10,14H,2-8H2,1H3,(H,15,16). The van der Waals surface area contributed by atoms with E-state index in [1.807, 2.05) is 0 Å². The Kier molecular flexibility index (Phi) is 2.72. The Bertz CT molecular complexity index is 365. The van der Waals surface area contributed by atoms with E-state index in [-0.39, 0.29) is 0 Å². The van der Waals surface area contributed by atoms with Crippen molar-refractivity contribution in [3.63, 3.8) is 0 Å². The van der Waals surface area contributed by atoms with Crippen LogP contribution in [0.4, 0.5) is 0 Å². The van der Waals surface area contributed by atoms with E-state index in [0.29, 0.717) is 5.92 Å². The lowest BCUT2D eigenvalue weighted by Gasteiger charge is -2.28. The van der Waals surface area contributed by atoms with Crippen LogP contribution in [0.2, 0.25) is 0 Å². The maximum absolute atomic E-state index is 4.55. The highest BCUT2D eigenvalue weighted by Gasteiger charge is 2.29. The van der Waals surface area contributed by atoms with E-state index in [4.69, 9.17) is 0 Å². The van der Waals surface area contributed by atoms with Gasteiger partial charge in [-0.15, -0.1) is 0 Å². The van der Waals surface area contributed by atoms with Crippen LogP contribution in [0.25, 0.3) is 0 Å². The fourth-order valence-electron chi connectivity index (χ4n) is 3.07. The molecule has 1 aromatic rings. The van der Waals surface area contributed by atoms with Crippen molar-refractivity contribution in [2.75, 3.05) is 13.1 Å². The molecule has 1 aromatic heterocycles. The number of hydrogen-bond acceptors (Lipinski definition) is 2. The van der Waals surface area contributed by atoms with Gasteiger partial charge in [-0.25, -0.2) is 0 Å². The number of H-pyrrole nitrogens is 1. The molecule has 3 nitrogen and oxygen atoms in total. The van der Waals surface area contributed by atoms with Gasteiger partial charge in [-0.05, 0) is 30.7 Å². The summed E-state index contributed by atoms with van der Waals surface area (Å²) in [5.41, 5.74) is 4.36. The summed E-state index contributed by atoms with van der Waals surface area (Å²) in [6.07, 6.45) is 6.54. The van der Waals surface area contributed by atoms with Gasteiger partial charge in [0.05, 0.1) is 5.69 Å². The number of aromatic nitrogens is 2. The summed E-state index contributed by atoms with van der Waals surface area (Å²) in [4.78, 5) is 0. The van der Waals surface area contributed by atoms with E-state index in [1.165, 1.54) is 43.5 Å². The molecule has 1 saturated heterocycles. The molecule has 1 atom stereocenters. The smallest absolute Gasteiger partial charge is 0.0713 e. The van der Waals surface area contributed by atoms with Gasteiger partial charge in [-0.1, -0.05) is 19.8 Å². The Morgan fingerprint density at radius 1 is 1.38 bits per heavy atom. The predicted octanol–water partition coefficient (Wildman–Crippen LogP) is 2.00. The third-order valence-electron chi connectivity index (χ3n) is 4.15. The maximum atomic E-state index is 4.55. The first-order chi connectivity index (χ1) is 7.88. The SMILES string of the molecule is CCCC1CCc2[nH]nc(C3CNC3)c2C1. The summed E-state index contributed by atoms with van der Waals surface area (Å²) in [6.45, 7) is 4.53. The van der Waals surface area contributed by atoms with Gasteiger partial charge in [-0.2, -0.15) is 5.10 Å². The van der Waals surface area contributed by atoms with Gasteiger partial charge in [0, 0.05) is 24.7 Å². The summed E-state index contributed by atoms with van der Waals surface area (Å²) in [5, 5.41) is 11.1. The van der Waals surface area contributed by atoms with Gasteiger partial charge in [0.1, 0.15) is 0 Å². The first-order valence-corrected chi connectivity index (χ1v) is 6.65. The monoisotopic (exact) mass is 219 g/mol. The molecule has 2 heterocycles. The Morgan fingerprint density at radius 3 is 2.94 bits per heavy atom. The van der Waals surface area contributed by atoms with E-state index in [0.717, 1.165) is 19.0 Å². The van der Waals surface area contributed by atoms with Gasteiger partial charge in [0.2, 0.25) is 0 Å². The number of rotatable bonds is 3. The average Bonchev–Trinajstić information content (AvgIpc) is 2.60. The highest BCUT2D eigenvalue weighted by Crippen LogP contribution is 2.33. The number of nitrogens with zero attached hydrogens (tertiary/aromatic N) is 1. The van der Waals surface area contributed by atoms with E-state index in [9.17, 15) is 0 Å². The predicted molar refractivity (Wildman–Crippen MR) is 64.6 cm³/mol. The van der Waals surface area contributed by atoms with Gasteiger partial charge in [0.15, 0.2) is 0 Å². The fourth-order valence-corrected chi connectivity index (χ4v) is 3.07. The molecular formula is C13H21N3. The van der Waals surface area contributed by atoms with Crippen LogP contribution < -0.4 is 5.32 Å². The first-order valence-electron chi connectivity index (χ1n) is 6.65. The second-order valence-electron chi connectivity index (χ2n) is 5.32. The lowest BCUT2D eigenvalue weighted by atomic mass is 9.81. The van der Waals surface area contributed by atoms with Crippen molar-refractivity contribution in [3.8, 4) is 0 Å². The molecule has 16 heavy (non-hydrogen) atoms. The number of nitrogens with one attached hydrogen (secondary N) is 2. The maximum Gasteiger partial charge on any atom is 0.0713 e. The lowest BCUT2D eigenvalue weighted by Crippen LogP contribution is -2.40. The van der Waals surface area contributed by atoms with Crippen LogP contribution in [0.15, 0.2) is 0 Å². The molecule has 0 radical (unpaired) electrons. The molecule has 1 aliphatic carbocycles. The topological polar surface area (TPSA) is 40.7 Å². The molecule has 3 rings (SSSR count). The van der Waals surface area contributed by atoms with Crippen LogP contribution in [-0.4, -0.2) is 23.3 Å². The van der Waals surface area contributed by atoms with Crippen LogP contribution in [0.5, 0.6) is 0 Å². The fraction of sp³-hybridized carbons (Fsp3) is 0.769. The zero-order chi connectivity index (χ0) is 11.0. The Labute approximate surface area is 97.0 Å². The van der Waals surface area contributed by atoms with Crippen LogP contribution in [-0.2, 0) is 12.8 Å². The highest BCUT2D eigenvalue weighted by atomic mass is 15.1. The number of aryl methyl sites for hydroxylation is 1. The molecule has 0 aromatic carbocycles. The minimum Gasteiger partial charge on any atom is -0.315 e. The zero-order valence-electron chi connectivity index (χ0n) is 10.1. The Morgan fingerprint density at radius 2 is 2.25 bits per heavy atom. The van der Waals surface area contributed by atoms with Crippen LogP contribution in [0.3, 0.4) is 0 Å². The van der Waals surface area contributed by atoms with Crippen molar-refractivity contribution in [2.45, 2.75) is 44.9 Å². The van der Waals surface area contributed by atoms with Crippen LogP contribution >= 0.6 is 0 Å². The minimum atomic E-state index is 0.681. The second kappa shape index (κ2) is 4.21. The van der Waals surface area contributed by atoms with Crippen LogP contribution in [0.1, 0.15) is 49.1 Å². The van der Waals surface area contributed by atoms with Crippen molar-refractivity contribution in [3.05, 3.63) is 17.0 Å². The van der Waals surface area contributed by atoms with Crippen molar-refractivity contribution in [1.29, 1.82) is 0 Å². The average molecular weight is 219 g/mol. The molecular weight excluding hydrogens is 198 g/mol. The largest absolute Gasteiger partial charge is 0.315 e. The van der Waals surface area contributed by atoms with E-state index in [2.05, 4.69) is 22.4 Å². The van der Waals surface area contributed by atoms with E-state index < -0.39 is 0 Å². The normalized spacial score (nSPS) is 25.2. The molecule has 0 amide bonds. The molecule has 0 bridgehead atoms. The molecule has 1 aliphatic heterocycles. The molecule has 0 spiro atoms. The second-order valence-corrected chi connectivity index (χ2v) is 5.32. The number of aromatic amines is 1. The van der Waals surface area contributed by atoms with E-state index in [1.54, 1.807) is 5.56 Å². The van der Waals surface area contributed by atoms with Crippen molar-refractivity contribution in [1.82, 2.24) is 15.5 Å². The van der Waals surface area contributed by atoms with Gasteiger partial charge in [-0.3, -0.25) is 5.10 Å². The third-order valence-corrected chi connectivity index (χ3v) is 4.15. The summed E-state index contributed by atoms with van der Waals surface area (Å²) >= 11 is 0. The van der Waals surface area contributed by atoms with Gasteiger partial charge < -0.3 is 5.32 Å². The van der Waals surface area contributed by atoms with Crippen LogP contribution in [0, 0.1) is 5.92 Å². The highest BCUT2D eigenvalue weighted by molar-refractivity contribution is 5.32. The van der Waals surface area contributed by atoms with E-state index >= 15 is 0 Å². The summed E-state index contributed by atoms with van der Waals surface area (Å²) < 4.78 is 0. The molecule has 1 unspecified atom stereocenters. The van der Waals surface area contributed by atoms with Crippen molar-refractivity contribution < 1.29 is 0 Å². The number of hydrogen-bond donors (Lipinski definition) is 2. The summed E-state index contributed by atoms with van der Waals surface area (Å²) in [5.74, 6) is 1.59. The summed E-state index contributed by atoms with van der Waals surface area (Å²) in [6, 6.07) is 0. The number of fused-ring (bicyclic) bond motifs is 1. The molecule has 88 valence electrons. The van der Waals surface area contributed by atoms with Gasteiger partial charge in [0.25, 0.3) is 0 Å². The Hall–Kier alpha value is -0.830. The molecule has 1 fully saturated rings. The van der Waals surface area contributed by atoms with Crippen molar-refractivity contribution >= 4 is 0 Å². The Balaban J connectivity index is 1.80. The molecule has 2 N–H and O–H groups in total. The zero-order valence-corrected chi connectivity index (χ0v) is 10.1. The first kappa shape index (κ1) is 10.3. The minimum absolute atomic E-state index is 0.681. The summed E-state index contributed by atoms with van der Waals surface area (Å²) in [7, 11) is 0. The third kappa shape index (κ3) is 1.67. The lowest BCUT2D eigenvalue weighted by molar-refractivity contribution is 0.407.